The second-order valence-electron chi connectivity index (χ2n) is 15.8. The summed E-state index contributed by atoms with van der Waals surface area (Å²) >= 11 is 0. The Labute approximate surface area is 313 Å². The summed E-state index contributed by atoms with van der Waals surface area (Å²) < 4.78 is 4.42. The van der Waals surface area contributed by atoms with Gasteiger partial charge in [-0.2, -0.15) is 15.0 Å². The van der Waals surface area contributed by atoms with Gasteiger partial charge in [0.25, 0.3) is 0 Å². The van der Waals surface area contributed by atoms with Gasteiger partial charge in [0.1, 0.15) is 0 Å². The van der Waals surface area contributed by atoms with Gasteiger partial charge in [0.05, 0.1) is 22.1 Å². The Morgan fingerprint density at radius 3 is 1.63 bits per heavy atom. The number of hydrogen-bond donors (Lipinski definition) is 0. The molecule has 6 heteroatoms. The fourth-order valence-corrected chi connectivity index (χ4v) is 10.5. The molecule has 0 N–H and O–H groups in total. The van der Waals surface area contributed by atoms with Crippen molar-refractivity contribution in [2.45, 2.75) is 38.3 Å². The Kier molecular flexibility index (Phi) is 6.36. The molecule has 6 aromatic carbocycles. The molecule has 2 aliphatic carbocycles. The Morgan fingerprint density at radius 1 is 0.463 bits per heavy atom. The van der Waals surface area contributed by atoms with Crippen LogP contribution in [0.25, 0.3) is 78.0 Å². The van der Waals surface area contributed by atoms with E-state index in [4.69, 9.17) is 15.0 Å². The maximum atomic E-state index is 5.36. The minimum absolute atomic E-state index is 0.562. The van der Waals surface area contributed by atoms with E-state index in [0.717, 1.165) is 50.8 Å². The van der Waals surface area contributed by atoms with Gasteiger partial charge in [-0.3, -0.25) is 9.13 Å². The maximum Gasteiger partial charge on any atom is 0.240 e. The number of aromatic nitrogens is 5. The Hall–Kier alpha value is -6.27. The van der Waals surface area contributed by atoms with Gasteiger partial charge >= 0.3 is 0 Å². The van der Waals surface area contributed by atoms with Crippen LogP contribution in [-0.2, 0) is 0 Å². The summed E-state index contributed by atoms with van der Waals surface area (Å²) in [6.07, 6.45) is 4.11. The highest BCUT2D eigenvalue weighted by atomic mass is 15.3. The van der Waals surface area contributed by atoms with Crippen LogP contribution in [0.15, 0.2) is 146 Å². The summed E-state index contributed by atoms with van der Waals surface area (Å²) in [5.41, 5.74) is 8.93. The molecule has 9 aromatic rings. The standard InChI is InChI=1S/C48H38N6/c1-29-25-33-26-34-28-44(45(33)34)52(29)35-22-19-31(20-23-35)46-49-47(53-40-16-8-5-13-36(40)37-14-6-9-17-41(37)53)51-48(50-46)54-42-18-10-7-15-38(42)39-27-32(21-24-43(39)54)30-11-3-2-4-12-30/h2-24,27,29,33-34,44-45H,25-26,28H2,1H3. The van der Waals surface area contributed by atoms with Crippen molar-refractivity contribution in [2.24, 2.45) is 17.8 Å². The SMILES string of the molecule is CC1CC2CC3CC(C23)N1c1ccc(-c2nc(-n3c4ccccc4c4ccccc43)nc(-n3c4ccccc4c4cc(-c5ccccc5)ccc43)n2)cc1. The van der Waals surface area contributed by atoms with Crippen molar-refractivity contribution in [1.29, 1.82) is 0 Å². The fraction of sp³-hybridized carbons (Fsp3) is 0.188. The van der Waals surface area contributed by atoms with E-state index < -0.39 is 0 Å². The molecule has 6 nitrogen and oxygen atoms in total. The molecule has 0 amide bonds. The number of benzene rings is 6. The number of hydrogen-bond acceptors (Lipinski definition) is 4. The topological polar surface area (TPSA) is 51.8 Å². The molecule has 5 unspecified atom stereocenters. The minimum Gasteiger partial charge on any atom is -0.366 e. The molecule has 3 aromatic heterocycles. The second-order valence-corrected chi connectivity index (χ2v) is 15.8. The van der Waals surface area contributed by atoms with Crippen LogP contribution in [0, 0.1) is 17.8 Å². The Balaban J connectivity index is 1.07. The van der Waals surface area contributed by atoms with E-state index in [0.29, 0.717) is 29.8 Å². The van der Waals surface area contributed by atoms with E-state index in [1.165, 1.54) is 52.2 Å². The number of rotatable bonds is 5. The smallest absolute Gasteiger partial charge is 0.240 e. The van der Waals surface area contributed by atoms with Crippen molar-refractivity contribution in [3.63, 3.8) is 0 Å². The Bertz CT molecular complexity index is 2870. The van der Waals surface area contributed by atoms with Crippen LogP contribution in [0.4, 0.5) is 5.69 Å². The molecular weight excluding hydrogens is 661 g/mol. The first kappa shape index (κ1) is 30.2. The lowest BCUT2D eigenvalue weighted by atomic mass is 9.47. The normalized spacial score (nSPS) is 21.7. The molecule has 0 spiro atoms. The van der Waals surface area contributed by atoms with Gasteiger partial charge in [-0.1, -0.05) is 91.0 Å². The zero-order chi connectivity index (χ0) is 35.5. The largest absolute Gasteiger partial charge is 0.366 e. The fourth-order valence-electron chi connectivity index (χ4n) is 10.5. The van der Waals surface area contributed by atoms with Crippen molar-refractivity contribution >= 4 is 49.3 Å². The highest BCUT2D eigenvalue weighted by Crippen LogP contribution is 2.61. The van der Waals surface area contributed by atoms with Gasteiger partial charge in [-0.25, -0.2) is 0 Å². The van der Waals surface area contributed by atoms with E-state index in [1.54, 1.807) is 0 Å². The van der Waals surface area contributed by atoms with E-state index in [-0.39, 0.29) is 0 Å². The predicted molar refractivity (Wildman–Crippen MR) is 219 cm³/mol. The number of para-hydroxylation sites is 3. The van der Waals surface area contributed by atoms with Crippen molar-refractivity contribution in [3.05, 3.63) is 146 Å². The second kappa shape index (κ2) is 11.4. The van der Waals surface area contributed by atoms with Gasteiger partial charge in [0, 0.05) is 44.9 Å². The van der Waals surface area contributed by atoms with Crippen LogP contribution in [0.1, 0.15) is 26.2 Å². The summed E-state index contributed by atoms with van der Waals surface area (Å²) in [4.78, 5) is 18.7. The third-order valence-corrected chi connectivity index (χ3v) is 13.0. The van der Waals surface area contributed by atoms with Crippen LogP contribution < -0.4 is 4.90 Å². The summed E-state index contributed by atoms with van der Waals surface area (Å²) in [7, 11) is 0. The van der Waals surface area contributed by atoms with E-state index in [2.05, 4.69) is 167 Å². The van der Waals surface area contributed by atoms with Crippen LogP contribution in [-0.4, -0.2) is 36.2 Å². The Morgan fingerprint density at radius 2 is 1.00 bits per heavy atom. The molecule has 2 saturated carbocycles. The highest BCUT2D eigenvalue weighted by Gasteiger charge is 2.59. The average Bonchev–Trinajstić information content (AvgIpc) is 3.72. The third-order valence-electron chi connectivity index (χ3n) is 13.0. The first-order valence-electron chi connectivity index (χ1n) is 19.4. The first-order chi connectivity index (χ1) is 26.7. The zero-order valence-electron chi connectivity index (χ0n) is 30.0. The van der Waals surface area contributed by atoms with E-state index >= 15 is 0 Å². The third kappa shape index (κ3) is 4.31. The maximum absolute atomic E-state index is 5.36. The average molecular weight is 699 g/mol. The molecule has 260 valence electrons. The van der Waals surface area contributed by atoms with Gasteiger partial charge in [-0.05, 0) is 110 Å². The predicted octanol–water partition coefficient (Wildman–Crippen LogP) is 11.0. The van der Waals surface area contributed by atoms with Crippen LogP contribution in [0.2, 0.25) is 0 Å². The molecular formula is C48H38N6. The molecule has 54 heavy (non-hydrogen) atoms. The van der Waals surface area contributed by atoms with Gasteiger partial charge in [-0.15, -0.1) is 0 Å². The van der Waals surface area contributed by atoms with Gasteiger partial charge in [0.2, 0.25) is 11.9 Å². The molecule has 5 atom stereocenters. The quantitative estimate of drug-likeness (QED) is 0.180. The van der Waals surface area contributed by atoms with E-state index in [9.17, 15) is 0 Å². The summed E-state index contributed by atoms with van der Waals surface area (Å²) in [5.74, 6) is 4.65. The van der Waals surface area contributed by atoms with E-state index in [1.807, 2.05) is 0 Å². The minimum atomic E-state index is 0.562. The van der Waals surface area contributed by atoms with Crippen LogP contribution >= 0.6 is 0 Å². The number of nitrogens with zero attached hydrogens (tertiary/aromatic N) is 6. The molecule has 1 saturated heterocycles. The summed E-state index contributed by atoms with van der Waals surface area (Å²) in [6.45, 7) is 2.42. The van der Waals surface area contributed by atoms with Crippen molar-refractivity contribution in [2.75, 3.05) is 4.90 Å². The lowest BCUT2D eigenvalue weighted by molar-refractivity contribution is -0.0823. The number of anilines is 1. The molecule has 0 radical (unpaired) electrons. The highest BCUT2D eigenvalue weighted by molar-refractivity contribution is 6.11. The van der Waals surface area contributed by atoms with Crippen molar-refractivity contribution in [1.82, 2.24) is 24.1 Å². The number of fused-ring (bicyclic) bond motifs is 6. The van der Waals surface area contributed by atoms with Gasteiger partial charge < -0.3 is 4.90 Å². The van der Waals surface area contributed by atoms with Crippen LogP contribution in [0.3, 0.4) is 0 Å². The molecule has 0 bridgehead atoms. The lowest BCUT2D eigenvalue weighted by Crippen LogP contribution is -2.68. The monoisotopic (exact) mass is 698 g/mol. The molecule has 1 aliphatic heterocycles. The summed E-state index contributed by atoms with van der Waals surface area (Å²) in [5, 5.41) is 4.68. The molecule has 12 rings (SSSR count). The van der Waals surface area contributed by atoms with Crippen molar-refractivity contribution < 1.29 is 0 Å². The number of piperidine rings is 1. The lowest BCUT2D eigenvalue weighted by Gasteiger charge is -2.67. The summed E-state index contributed by atoms with van der Waals surface area (Å²) in [6, 6.07) is 53.3. The van der Waals surface area contributed by atoms with Crippen molar-refractivity contribution in [3.8, 4) is 34.4 Å². The molecule has 4 heterocycles. The van der Waals surface area contributed by atoms with Gasteiger partial charge in [0.15, 0.2) is 5.82 Å². The molecule has 3 aliphatic rings. The van der Waals surface area contributed by atoms with Crippen LogP contribution in [0.5, 0.6) is 0 Å². The zero-order valence-corrected chi connectivity index (χ0v) is 30.0. The first-order valence-corrected chi connectivity index (χ1v) is 19.4. The molecule has 3 fully saturated rings.